The van der Waals surface area contributed by atoms with Gasteiger partial charge < -0.3 is 0 Å². The number of benzene rings is 2. The van der Waals surface area contributed by atoms with Crippen molar-refractivity contribution in [3.05, 3.63) is 67.6 Å². The van der Waals surface area contributed by atoms with Crippen molar-refractivity contribution >= 4 is 55.4 Å². The minimum Gasteiger partial charge on any atom is -0.272 e. The Morgan fingerprint density at radius 1 is 1.32 bits per heavy atom. The van der Waals surface area contributed by atoms with E-state index in [1.54, 1.807) is 12.1 Å². The van der Waals surface area contributed by atoms with Crippen LogP contribution in [0.1, 0.15) is 5.56 Å². The van der Waals surface area contributed by atoms with E-state index >= 15 is 0 Å². The number of amides is 1. The zero-order valence-corrected chi connectivity index (χ0v) is 17.5. The average molecular weight is 490 g/mol. The molecule has 2 rings (SSSR count). The van der Waals surface area contributed by atoms with Crippen LogP contribution in [0.5, 0.6) is 0 Å². The van der Waals surface area contributed by atoms with E-state index in [0.29, 0.717) is 0 Å². The van der Waals surface area contributed by atoms with Gasteiger partial charge in [0.05, 0.1) is 22.6 Å². The number of nitro groups is 1. The minimum absolute atomic E-state index is 0.0397. The van der Waals surface area contributed by atoms with Gasteiger partial charge in [0.25, 0.3) is 11.6 Å². The summed E-state index contributed by atoms with van der Waals surface area (Å²) >= 11 is 9.14. The smallest absolute Gasteiger partial charge is 0.270 e. The molecular weight excluding hydrogens is 476 g/mol. The summed E-state index contributed by atoms with van der Waals surface area (Å²) in [5.41, 5.74) is 2.20. The number of non-ortho nitro benzene ring substituents is 1. The molecule has 0 saturated carbocycles. The van der Waals surface area contributed by atoms with Crippen molar-refractivity contribution in [2.24, 2.45) is 5.10 Å². The van der Waals surface area contributed by atoms with E-state index in [1.165, 1.54) is 37.4 Å². The van der Waals surface area contributed by atoms with Gasteiger partial charge in [-0.15, -0.1) is 0 Å². The number of hydrogen-bond acceptors (Lipinski definition) is 6. The Hall–Kier alpha value is -2.34. The predicted octanol–water partition coefficient (Wildman–Crippen LogP) is 2.78. The molecule has 1 amide bonds. The van der Waals surface area contributed by atoms with Gasteiger partial charge >= 0.3 is 0 Å². The SMILES string of the molecule is CN(CC(=O)NN=Cc1cc([N+](=O)[O-])ccc1Cl)S(=O)(=O)c1ccc(Br)cc1. The number of halogens is 2. The normalized spacial score (nSPS) is 11.7. The van der Waals surface area contributed by atoms with Crippen LogP contribution in [-0.2, 0) is 14.8 Å². The van der Waals surface area contributed by atoms with Crippen LogP contribution in [-0.4, -0.2) is 43.4 Å². The molecule has 148 valence electrons. The van der Waals surface area contributed by atoms with Gasteiger partial charge in [0.1, 0.15) is 0 Å². The summed E-state index contributed by atoms with van der Waals surface area (Å²) in [6.07, 6.45) is 1.14. The molecule has 9 nitrogen and oxygen atoms in total. The molecule has 28 heavy (non-hydrogen) atoms. The van der Waals surface area contributed by atoms with Gasteiger partial charge in [-0.25, -0.2) is 13.8 Å². The molecule has 2 aromatic carbocycles. The fraction of sp³-hybridized carbons (Fsp3) is 0.125. The molecule has 0 aliphatic heterocycles. The second-order valence-corrected chi connectivity index (χ2v) is 8.84. The van der Waals surface area contributed by atoms with Crippen LogP contribution in [0, 0.1) is 10.1 Å². The van der Waals surface area contributed by atoms with Crippen LogP contribution in [0.3, 0.4) is 0 Å². The third kappa shape index (κ3) is 5.58. The molecular formula is C16H14BrClN4O5S. The third-order valence-electron chi connectivity index (χ3n) is 3.47. The molecule has 0 radical (unpaired) electrons. The van der Waals surface area contributed by atoms with Crippen LogP contribution in [0.4, 0.5) is 5.69 Å². The van der Waals surface area contributed by atoms with Crippen molar-refractivity contribution in [2.45, 2.75) is 4.90 Å². The van der Waals surface area contributed by atoms with Crippen molar-refractivity contribution in [2.75, 3.05) is 13.6 Å². The topological polar surface area (TPSA) is 122 Å². The molecule has 0 fully saturated rings. The standard InChI is InChI=1S/C16H14BrClN4O5S/c1-21(28(26,27)14-5-2-12(17)3-6-14)10-16(23)20-19-9-11-8-13(22(24)25)4-7-15(11)18/h2-9H,10H2,1H3,(H,20,23). The summed E-state index contributed by atoms with van der Waals surface area (Å²) in [6.45, 7) is -0.474. The van der Waals surface area contributed by atoms with Crippen molar-refractivity contribution in [1.29, 1.82) is 0 Å². The van der Waals surface area contributed by atoms with Gasteiger partial charge in [-0.05, 0) is 30.3 Å². The number of likely N-dealkylation sites (N-methyl/N-ethyl adjacent to an activating group) is 1. The summed E-state index contributed by atoms with van der Waals surface area (Å²) < 4.78 is 26.5. The fourth-order valence-electron chi connectivity index (χ4n) is 2.03. The molecule has 0 atom stereocenters. The Balaban J connectivity index is 2.02. The zero-order valence-electron chi connectivity index (χ0n) is 14.4. The highest BCUT2D eigenvalue weighted by Gasteiger charge is 2.22. The zero-order chi connectivity index (χ0) is 20.9. The first-order chi connectivity index (χ1) is 13.1. The predicted molar refractivity (Wildman–Crippen MR) is 108 cm³/mol. The van der Waals surface area contributed by atoms with E-state index in [0.717, 1.165) is 15.0 Å². The summed E-state index contributed by atoms with van der Waals surface area (Å²) in [5.74, 6) is -0.694. The van der Waals surface area contributed by atoms with E-state index in [9.17, 15) is 23.3 Å². The van der Waals surface area contributed by atoms with E-state index in [4.69, 9.17) is 11.6 Å². The molecule has 0 aliphatic carbocycles. The van der Waals surface area contributed by atoms with E-state index < -0.39 is 27.4 Å². The van der Waals surface area contributed by atoms with Gasteiger partial charge in [0.2, 0.25) is 10.0 Å². The van der Waals surface area contributed by atoms with Crippen molar-refractivity contribution in [3.8, 4) is 0 Å². The van der Waals surface area contributed by atoms with Crippen molar-refractivity contribution in [1.82, 2.24) is 9.73 Å². The molecule has 0 aromatic heterocycles. The highest BCUT2D eigenvalue weighted by atomic mass is 79.9. The molecule has 1 N–H and O–H groups in total. The quantitative estimate of drug-likeness (QED) is 0.364. The molecule has 0 heterocycles. The van der Waals surface area contributed by atoms with Gasteiger partial charge in [0, 0.05) is 34.2 Å². The Bertz CT molecular complexity index is 1030. The summed E-state index contributed by atoms with van der Waals surface area (Å²) in [4.78, 5) is 22.2. The summed E-state index contributed by atoms with van der Waals surface area (Å²) in [7, 11) is -2.58. The maximum absolute atomic E-state index is 12.4. The Morgan fingerprint density at radius 2 is 1.96 bits per heavy atom. The lowest BCUT2D eigenvalue weighted by Gasteiger charge is -2.16. The van der Waals surface area contributed by atoms with Crippen LogP contribution in [0.2, 0.25) is 5.02 Å². The first-order valence-corrected chi connectivity index (χ1v) is 10.2. The second-order valence-electron chi connectivity index (χ2n) is 5.47. The number of carbonyl (C=O) groups excluding carboxylic acids is 1. The first kappa shape index (κ1) is 22.0. The molecule has 0 unspecified atom stereocenters. The summed E-state index contributed by atoms with van der Waals surface area (Å²) in [5, 5.41) is 14.7. The number of nitrogens with one attached hydrogen (secondary N) is 1. The van der Waals surface area contributed by atoms with E-state index in [-0.39, 0.29) is 21.2 Å². The van der Waals surface area contributed by atoms with Crippen LogP contribution < -0.4 is 5.43 Å². The van der Waals surface area contributed by atoms with Crippen LogP contribution >= 0.6 is 27.5 Å². The molecule has 0 saturated heterocycles. The Labute approximate surface area is 174 Å². The third-order valence-corrected chi connectivity index (χ3v) is 6.16. The number of rotatable bonds is 7. The number of hydrazone groups is 1. The second kappa shape index (κ2) is 9.24. The summed E-state index contributed by atoms with van der Waals surface area (Å²) in [6, 6.07) is 9.75. The molecule has 0 bridgehead atoms. The highest BCUT2D eigenvalue weighted by Crippen LogP contribution is 2.20. The molecule has 2 aromatic rings. The number of nitro benzene ring substituents is 1. The van der Waals surface area contributed by atoms with Gasteiger partial charge in [-0.3, -0.25) is 14.9 Å². The lowest BCUT2D eigenvalue weighted by molar-refractivity contribution is -0.384. The number of carbonyl (C=O) groups is 1. The Kier molecular flexibility index (Phi) is 7.24. The number of sulfonamides is 1. The van der Waals surface area contributed by atoms with E-state index in [1.807, 2.05) is 0 Å². The fourth-order valence-corrected chi connectivity index (χ4v) is 3.58. The number of hydrogen-bond donors (Lipinski definition) is 1. The molecule has 0 aliphatic rings. The van der Waals surface area contributed by atoms with Crippen molar-refractivity contribution < 1.29 is 18.1 Å². The lowest BCUT2D eigenvalue weighted by Crippen LogP contribution is -2.36. The largest absolute Gasteiger partial charge is 0.272 e. The maximum atomic E-state index is 12.4. The minimum atomic E-state index is -3.85. The number of nitrogens with zero attached hydrogens (tertiary/aromatic N) is 3. The first-order valence-electron chi connectivity index (χ1n) is 7.59. The Morgan fingerprint density at radius 3 is 2.57 bits per heavy atom. The van der Waals surface area contributed by atoms with Gasteiger partial charge in [-0.2, -0.15) is 9.41 Å². The monoisotopic (exact) mass is 488 g/mol. The van der Waals surface area contributed by atoms with Crippen LogP contribution in [0.25, 0.3) is 0 Å². The maximum Gasteiger partial charge on any atom is 0.270 e. The van der Waals surface area contributed by atoms with E-state index in [2.05, 4.69) is 26.5 Å². The molecule has 12 heteroatoms. The highest BCUT2D eigenvalue weighted by molar-refractivity contribution is 9.10. The molecule has 0 spiro atoms. The van der Waals surface area contributed by atoms with Gasteiger partial charge in [0.15, 0.2) is 0 Å². The van der Waals surface area contributed by atoms with Crippen LogP contribution in [0.15, 0.2) is 56.9 Å². The lowest BCUT2D eigenvalue weighted by atomic mass is 10.2. The van der Waals surface area contributed by atoms with Crippen molar-refractivity contribution in [3.63, 3.8) is 0 Å². The average Bonchev–Trinajstić information content (AvgIpc) is 2.63. The van der Waals surface area contributed by atoms with Gasteiger partial charge in [-0.1, -0.05) is 27.5 Å².